The minimum absolute atomic E-state index is 0.310. The van der Waals surface area contributed by atoms with E-state index in [1.54, 1.807) is 6.07 Å². The molecule has 0 N–H and O–H groups in total. The zero-order chi connectivity index (χ0) is 13.9. The summed E-state index contributed by atoms with van der Waals surface area (Å²) in [5, 5.41) is 8.42. The van der Waals surface area contributed by atoms with Crippen molar-refractivity contribution < 1.29 is 26.7 Å². The summed E-state index contributed by atoms with van der Waals surface area (Å²) in [6.45, 7) is 0. The molecule has 98 valence electrons. The largest absolute Gasteiger partial charge is 0.573 e. The predicted molar refractivity (Wildman–Crippen MR) is 52.9 cm³/mol. The van der Waals surface area contributed by atoms with E-state index in [-0.39, 0.29) is 5.56 Å². The highest BCUT2D eigenvalue weighted by Gasteiger charge is 2.35. The van der Waals surface area contributed by atoms with E-state index >= 15 is 0 Å². The quantitative estimate of drug-likeness (QED) is 0.626. The first-order chi connectivity index (χ1) is 8.26. The van der Waals surface area contributed by atoms with Crippen molar-refractivity contribution in [3.8, 4) is 11.8 Å². The highest BCUT2D eigenvalue weighted by atomic mass is 79.9. The standard InChI is InChI=1S/C9H4BrF5N2O/c10-7-6(18-9(13,14)15)5(8(11)12)4(1-2-16)3-17-7/h3,8H,1H2. The van der Waals surface area contributed by atoms with E-state index in [2.05, 4.69) is 25.7 Å². The van der Waals surface area contributed by atoms with Crippen LogP contribution in [0.2, 0.25) is 0 Å². The summed E-state index contributed by atoms with van der Waals surface area (Å²) < 4.78 is 64.8. The lowest BCUT2D eigenvalue weighted by atomic mass is 10.1. The molecule has 0 spiro atoms. The topological polar surface area (TPSA) is 45.9 Å². The second-order valence-electron chi connectivity index (χ2n) is 3.00. The van der Waals surface area contributed by atoms with Crippen LogP contribution in [0.3, 0.4) is 0 Å². The van der Waals surface area contributed by atoms with Gasteiger partial charge in [-0.25, -0.2) is 13.8 Å². The van der Waals surface area contributed by atoms with Crippen molar-refractivity contribution in [2.75, 3.05) is 0 Å². The van der Waals surface area contributed by atoms with Crippen molar-refractivity contribution >= 4 is 15.9 Å². The molecule has 0 radical (unpaired) electrons. The molecule has 1 aromatic heterocycles. The van der Waals surface area contributed by atoms with Gasteiger partial charge in [0.1, 0.15) is 4.60 Å². The number of alkyl halides is 5. The Hall–Kier alpha value is -1.43. The Labute approximate surface area is 106 Å². The van der Waals surface area contributed by atoms with Gasteiger partial charge in [0, 0.05) is 6.20 Å². The average molecular weight is 331 g/mol. The molecule has 9 heteroatoms. The molecule has 0 fully saturated rings. The maximum atomic E-state index is 12.8. The van der Waals surface area contributed by atoms with E-state index < -0.39 is 35.1 Å². The van der Waals surface area contributed by atoms with Crippen LogP contribution < -0.4 is 4.74 Å². The molecular formula is C9H4BrF5N2O. The number of hydrogen-bond acceptors (Lipinski definition) is 3. The third-order valence-electron chi connectivity index (χ3n) is 1.82. The van der Waals surface area contributed by atoms with E-state index in [4.69, 9.17) is 5.26 Å². The maximum absolute atomic E-state index is 12.8. The highest BCUT2D eigenvalue weighted by Crippen LogP contribution is 2.39. The Balaban J connectivity index is 3.37. The molecule has 0 atom stereocenters. The van der Waals surface area contributed by atoms with Crippen LogP contribution in [-0.2, 0) is 6.42 Å². The molecule has 0 amide bonds. The van der Waals surface area contributed by atoms with E-state index in [9.17, 15) is 22.0 Å². The van der Waals surface area contributed by atoms with Gasteiger partial charge in [-0.1, -0.05) is 0 Å². The van der Waals surface area contributed by atoms with Gasteiger partial charge in [0.25, 0.3) is 6.43 Å². The van der Waals surface area contributed by atoms with Crippen molar-refractivity contribution in [3.63, 3.8) is 0 Å². The molecule has 0 aromatic carbocycles. The van der Waals surface area contributed by atoms with Gasteiger partial charge in [-0.05, 0) is 21.5 Å². The lowest BCUT2D eigenvalue weighted by Crippen LogP contribution is -2.19. The van der Waals surface area contributed by atoms with Gasteiger partial charge in [0.2, 0.25) is 0 Å². The van der Waals surface area contributed by atoms with Crippen LogP contribution in [0.5, 0.6) is 5.75 Å². The first kappa shape index (κ1) is 14.6. The van der Waals surface area contributed by atoms with Gasteiger partial charge in [-0.3, -0.25) is 0 Å². The lowest BCUT2D eigenvalue weighted by Gasteiger charge is -2.16. The Morgan fingerprint density at radius 1 is 1.44 bits per heavy atom. The smallest absolute Gasteiger partial charge is 0.402 e. The highest BCUT2D eigenvalue weighted by molar-refractivity contribution is 9.10. The fourth-order valence-corrected chi connectivity index (χ4v) is 1.59. The number of nitriles is 1. The Bertz CT molecular complexity index is 483. The summed E-state index contributed by atoms with van der Waals surface area (Å²) in [4.78, 5) is 3.43. The van der Waals surface area contributed by atoms with E-state index in [1.165, 1.54) is 0 Å². The number of ether oxygens (including phenoxy) is 1. The molecule has 1 rings (SSSR count). The minimum atomic E-state index is -5.13. The fraction of sp³-hybridized carbons (Fsp3) is 0.333. The maximum Gasteiger partial charge on any atom is 0.573 e. The van der Waals surface area contributed by atoms with Gasteiger partial charge in [0.05, 0.1) is 18.1 Å². The third kappa shape index (κ3) is 3.53. The minimum Gasteiger partial charge on any atom is -0.402 e. The molecule has 0 aliphatic heterocycles. The zero-order valence-electron chi connectivity index (χ0n) is 8.43. The molecule has 0 aliphatic carbocycles. The summed E-state index contributed by atoms with van der Waals surface area (Å²) in [6.07, 6.45) is -7.93. The molecule has 0 bridgehead atoms. The summed E-state index contributed by atoms with van der Waals surface area (Å²) in [5.41, 5.74) is -1.30. The van der Waals surface area contributed by atoms with Crippen LogP contribution in [0, 0.1) is 11.3 Å². The number of halogens is 6. The molecule has 1 heterocycles. The van der Waals surface area contributed by atoms with Gasteiger partial charge < -0.3 is 4.74 Å². The molecule has 0 saturated heterocycles. The van der Waals surface area contributed by atoms with Crippen molar-refractivity contribution in [1.29, 1.82) is 5.26 Å². The number of rotatable bonds is 3. The van der Waals surface area contributed by atoms with Crippen LogP contribution in [0.4, 0.5) is 22.0 Å². The van der Waals surface area contributed by atoms with Crippen molar-refractivity contribution in [2.45, 2.75) is 19.2 Å². The van der Waals surface area contributed by atoms with Crippen molar-refractivity contribution in [1.82, 2.24) is 4.98 Å². The fourth-order valence-electron chi connectivity index (χ4n) is 1.20. The first-order valence-electron chi connectivity index (χ1n) is 4.34. The first-order valence-corrected chi connectivity index (χ1v) is 5.13. The normalized spacial score (nSPS) is 11.4. The Kier molecular flexibility index (Phi) is 4.45. The van der Waals surface area contributed by atoms with Gasteiger partial charge in [-0.15, -0.1) is 13.2 Å². The summed E-state index contributed by atoms with van der Waals surface area (Å²) in [5.74, 6) is -1.12. The third-order valence-corrected chi connectivity index (χ3v) is 2.38. The Morgan fingerprint density at radius 2 is 2.06 bits per heavy atom. The molecule has 3 nitrogen and oxygen atoms in total. The number of hydrogen-bond donors (Lipinski definition) is 0. The van der Waals surface area contributed by atoms with Gasteiger partial charge >= 0.3 is 6.36 Å². The van der Waals surface area contributed by atoms with Crippen LogP contribution >= 0.6 is 15.9 Å². The number of aromatic nitrogens is 1. The lowest BCUT2D eigenvalue weighted by molar-refractivity contribution is -0.275. The van der Waals surface area contributed by atoms with Gasteiger partial charge in [-0.2, -0.15) is 5.26 Å². The number of nitrogens with zero attached hydrogens (tertiary/aromatic N) is 2. The van der Waals surface area contributed by atoms with Crippen LogP contribution in [-0.4, -0.2) is 11.3 Å². The molecule has 0 saturated carbocycles. The summed E-state index contributed by atoms with van der Waals surface area (Å²) >= 11 is 2.60. The van der Waals surface area contributed by atoms with E-state index in [0.717, 1.165) is 6.20 Å². The van der Waals surface area contributed by atoms with E-state index in [0.29, 0.717) is 0 Å². The summed E-state index contributed by atoms with van der Waals surface area (Å²) in [6, 6.07) is 1.56. The van der Waals surface area contributed by atoms with Crippen molar-refractivity contribution in [3.05, 3.63) is 21.9 Å². The zero-order valence-corrected chi connectivity index (χ0v) is 10.0. The van der Waals surface area contributed by atoms with Gasteiger partial charge in [0.15, 0.2) is 5.75 Å². The average Bonchev–Trinajstić information content (AvgIpc) is 2.21. The van der Waals surface area contributed by atoms with Crippen LogP contribution in [0.1, 0.15) is 17.6 Å². The van der Waals surface area contributed by atoms with Crippen molar-refractivity contribution in [2.24, 2.45) is 0 Å². The molecule has 1 aromatic rings. The Morgan fingerprint density at radius 3 is 2.50 bits per heavy atom. The van der Waals surface area contributed by atoms with Crippen LogP contribution in [0.15, 0.2) is 10.8 Å². The molecule has 0 unspecified atom stereocenters. The molecule has 18 heavy (non-hydrogen) atoms. The monoisotopic (exact) mass is 330 g/mol. The predicted octanol–water partition coefficient (Wildman–Crippen LogP) is 3.75. The van der Waals surface area contributed by atoms with Crippen LogP contribution in [0.25, 0.3) is 0 Å². The summed E-state index contributed by atoms with van der Waals surface area (Å²) in [7, 11) is 0. The second kappa shape index (κ2) is 5.48. The SMILES string of the molecule is N#CCc1cnc(Br)c(OC(F)(F)F)c1C(F)F. The number of pyridine rings is 1. The van der Waals surface area contributed by atoms with E-state index in [1.807, 2.05) is 0 Å². The second-order valence-corrected chi connectivity index (χ2v) is 3.75. The molecule has 0 aliphatic rings. The molecular weight excluding hydrogens is 327 g/mol.